The van der Waals surface area contributed by atoms with Gasteiger partial charge in [-0.15, -0.1) is 0 Å². The number of halogens is 1. The maximum absolute atomic E-state index is 15.0. The number of benzene rings is 2. The van der Waals surface area contributed by atoms with Gasteiger partial charge in [0.15, 0.2) is 0 Å². The van der Waals surface area contributed by atoms with E-state index in [-0.39, 0.29) is 11.7 Å². The van der Waals surface area contributed by atoms with Crippen LogP contribution in [0.4, 0.5) is 4.39 Å². The molecule has 0 saturated heterocycles. The highest BCUT2D eigenvalue weighted by atomic mass is 19.1. The van der Waals surface area contributed by atoms with Crippen molar-refractivity contribution >= 4 is 0 Å². The van der Waals surface area contributed by atoms with Gasteiger partial charge in [-0.25, -0.2) is 4.39 Å². The third-order valence-electron chi connectivity index (χ3n) is 7.35. The molecule has 2 unspecified atom stereocenters. The summed E-state index contributed by atoms with van der Waals surface area (Å²) in [5, 5.41) is 10.5. The summed E-state index contributed by atoms with van der Waals surface area (Å²) in [7, 11) is 0. The summed E-state index contributed by atoms with van der Waals surface area (Å²) in [5.41, 5.74) is 1.20. The van der Waals surface area contributed by atoms with Gasteiger partial charge in [-0.2, -0.15) is 5.26 Å². The van der Waals surface area contributed by atoms with Crippen LogP contribution in [-0.4, -0.2) is 17.5 Å². The zero-order valence-electron chi connectivity index (χ0n) is 19.2. The molecule has 2 aromatic carbocycles. The lowest BCUT2D eigenvalue weighted by Crippen LogP contribution is -2.40. The van der Waals surface area contributed by atoms with E-state index < -0.39 is 5.41 Å². The molecule has 0 amide bonds. The van der Waals surface area contributed by atoms with Crippen LogP contribution in [0.15, 0.2) is 54.6 Å². The van der Waals surface area contributed by atoms with Gasteiger partial charge in [0.1, 0.15) is 5.82 Å². The average molecular weight is 421 g/mol. The molecule has 1 saturated carbocycles. The highest BCUT2D eigenvalue weighted by molar-refractivity contribution is 5.35. The van der Waals surface area contributed by atoms with Crippen molar-refractivity contribution in [3.8, 4) is 6.07 Å². The highest BCUT2D eigenvalue weighted by Gasteiger charge is 2.43. The van der Waals surface area contributed by atoms with E-state index in [0.29, 0.717) is 11.6 Å². The maximum Gasteiger partial charge on any atom is 0.128 e. The molecule has 0 aliphatic heterocycles. The molecule has 3 rings (SSSR count). The second-order valence-corrected chi connectivity index (χ2v) is 9.05. The van der Waals surface area contributed by atoms with Crippen molar-refractivity contribution in [2.45, 2.75) is 83.2 Å². The van der Waals surface area contributed by atoms with Gasteiger partial charge in [-0.3, -0.25) is 4.90 Å². The molecule has 3 heteroatoms. The third-order valence-corrected chi connectivity index (χ3v) is 7.35. The number of nitrogens with zero attached hydrogens (tertiary/aromatic N) is 2. The summed E-state index contributed by atoms with van der Waals surface area (Å²) in [6, 6.07) is 20.6. The first kappa shape index (κ1) is 23.5. The molecule has 2 aromatic rings. The Balaban J connectivity index is 1.84. The second kappa shape index (κ2) is 11.4. The van der Waals surface area contributed by atoms with Crippen LogP contribution < -0.4 is 0 Å². The van der Waals surface area contributed by atoms with Crippen molar-refractivity contribution < 1.29 is 4.39 Å². The molecule has 0 heterocycles. The van der Waals surface area contributed by atoms with E-state index in [9.17, 15) is 9.65 Å². The average Bonchev–Trinajstić information content (AvgIpc) is 2.83. The molecule has 0 bridgehead atoms. The number of nitriles is 1. The lowest BCUT2D eigenvalue weighted by Gasteiger charge is -2.40. The number of hydrogen-bond donors (Lipinski definition) is 0. The van der Waals surface area contributed by atoms with Crippen molar-refractivity contribution in [3.63, 3.8) is 0 Å². The van der Waals surface area contributed by atoms with E-state index in [1.807, 2.05) is 12.1 Å². The SMILES string of the molecule is CCC(CCC(C#N)(c1ccccc1F)C1CCCCC1)N(CC)Cc1ccccc1. The van der Waals surface area contributed by atoms with Crippen molar-refractivity contribution in [2.24, 2.45) is 5.92 Å². The Morgan fingerprint density at radius 3 is 2.32 bits per heavy atom. The number of rotatable bonds is 10. The standard InChI is InChI=1S/C28H37FN2/c1-3-25(31(4-2)21-23-13-7-5-8-14-23)19-20-28(22-30,24-15-9-6-10-16-24)26-17-11-12-18-27(26)29/h5,7-8,11-14,17-18,24-25H,3-4,6,9-10,15-16,19-21H2,1-2H3. The van der Waals surface area contributed by atoms with Crippen LogP contribution in [0, 0.1) is 23.1 Å². The van der Waals surface area contributed by atoms with Crippen LogP contribution in [0.2, 0.25) is 0 Å². The molecule has 2 nitrogen and oxygen atoms in total. The van der Waals surface area contributed by atoms with E-state index in [0.717, 1.165) is 58.0 Å². The Morgan fingerprint density at radius 1 is 1.03 bits per heavy atom. The van der Waals surface area contributed by atoms with Crippen LogP contribution in [-0.2, 0) is 12.0 Å². The molecule has 1 aliphatic rings. The third kappa shape index (κ3) is 5.55. The normalized spacial score (nSPS) is 17.8. The second-order valence-electron chi connectivity index (χ2n) is 9.05. The summed E-state index contributed by atoms with van der Waals surface area (Å²) >= 11 is 0. The Kier molecular flexibility index (Phi) is 8.67. The molecule has 0 spiro atoms. The summed E-state index contributed by atoms with van der Waals surface area (Å²) in [6.07, 6.45) is 8.25. The van der Waals surface area contributed by atoms with Gasteiger partial charge in [-0.1, -0.05) is 81.6 Å². The summed E-state index contributed by atoms with van der Waals surface area (Å²) < 4.78 is 15.0. The van der Waals surface area contributed by atoms with Gasteiger partial charge in [0.25, 0.3) is 0 Å². The van der Waals surface area contributed by atoms with Crippen LogP contribution in [0.5, 0.6) is 0 Å². The highest BCUT2D eigenvalue weighted by Crippen LogP contribution is 2.45. The fourth-order valence-electron chi connectivity index (χ4n) is 5.54. The van der Waals surface area contributed by atoms with E-state index in [1.54, 1.807) is 6.07 Å². The predicted molar refractivity (Wildman–Crippen MR) is 126 cm³/mol. The predicted octanol–water partition coefficient (Wildman–Crippen LogP) is 7.25. The summed E-state index contributed by atoms with van der Waals surface area (Å²) in [5.74, 6) is 0.0177. The molecule has 31 heavy (non-hydrogen) atoms. The Labute approximate surface area is 188 Å². The quantitative estimate of drug-likeness (QED) is 0.405. The van der Waals surface area contributed by atoms with Crippen LogP contribution in [0.3, 0.4) is 0 Å². The minimum atomic E-state index is -0.731. The molecule has 2 atom stereocenters. The molecule has 0 aromatic heterocycles. The fourth-order valence-corrected chi connectivity index (χ4v) is 5.54. The Morgan fingerprint density at radius 2 is 1.71 bits per heavy atom. The van der Waals surface area contributed by atoms with Gasteiger partial charge < -0.3 is 0 Å². The van der Waals surface area contributed by atoms with E-state index in [1.165, 1.54) is 18.1 Å². The smallest absolute Gasteiger partial charge is 0.128 e. The van der Waals surface area contributed by atoms with Crippen molar-refractivity contribution in [1.29, 1.82) is 5.26 Å². The van der Waals surface area contributed by atoms with Gasteiger partial charge in [-0.05, 0) is 56.2 Å². The van der Waals surface area contributed by atoms with Crippen molar-refractivity contribution in [2.75, 3.05) is 6.54 Å². The zero-order chi connectivity index (χ0) is 22.1. The summed E-state index contributed by atoms with van der Waals surface area (Å²) in [4.78, 5) is 2.51. The minimum absolute atomic E-state index is 0.223. The van der Waals surface area contributed by atoms with Crippen LogP contribution in [0.1, 0.15) is 76.3 Å². The molecule has 0 radical (unpaired) electrons. The molecule has 1 fully saturated rings. The van der Waals surface area contributed by atoms with Gasteiger partial charge >= 0.3 is 0 Å². The van der Waals surface area contributed by atoms with Crippen LogP contribution in [0.25, 0.3) is 0 Å². The summed E-state index contributed by atoms with van der Waals surface area (Å²) in [6.45, 7) is 6.33. The largest absolute Gasteiger partial charge is 0.296 e. The first-order chi connectivity index (χ1) is 15.1. The van der Waals surface area contributed by atoms with Gasteiger partial charge in [0, 0.05) is 18.2 Å². The lowest BCUT2D eigenvalue weighted by molar-refractivity contribution is 0.156. The van der Waals surface area contributed by atoms with Crippen molar-refractivity contribution in [1.82, 2.24) is 4.90 Å². The van der Waals surface area contributed by atoms with Crippen LogP contribution >= 0.6 is 0 Å². The Hall–Kier alpha value is -2.18. The van der Waals surface area contributed by atoms with E-state index in [4.69, 9.17) is 0 Å². The molecule has 166 valence electrons. The fraction of sp³-hybridized carbons (Fsp3) is 0.536. The van der Waals surface area contributed by atoms with Gasteiger partial charge in [0.2, 0.25) is 0 Å². The first-order valence-electron chi connectivity index (χ1n) is 12.1. The van der Waals surface area contributed by atoms with E-state index >= 15 is 0 Å². The Bertz CT molecular complexity index is 838. The minimum Gasteiger partial charge on any atom is -0.296 e. The number of hydrogen-bond acceptors (Lipinski definition) is 2. The monoisotopic (exact) mass is 420 g/mol. The molecular formula is C28H37FN2. The molecule has 1 aliphatic carbocycles. The first-order valence-corrected chi connectivity index (χ1v) is 12.1. The van der Waals surface area contributed by atoms with Crippen molar-refractivity contribution in [3.05, 3.63) is 71.5 Å². The van der Waals surface area contributed by atoms with Gasteiger partial charge in [0.05, 0.1) is 11.5 Å². The molecular weight excluding hydrogens is 383 g/mol. The topological polar surface area (TPSA) is 27.0 Å². The lowest BCUT2D eigenvalue weighted by atomic mass is 9.63. The maximum atomic E-state index is 15.0. The van der Waals surface area contributed by atoms with E-state index in [2.05, 4.69) is 55.1 Å². The zero-order valence-corrected chi connectivity index (χ0v) is 19.2. The molecule has 0 N–H and O–H groups in total.